The molecule has 2 bridgehead atoms. The SMILES string of the molecule is CCOC.CC[SiH]1CO[Si](O)(CC)O[Si]2(CC)O[Si](O)(CC)O[Si](CC)(O[SiH2]O)O[Si](CC)(O1)O2.[H-].[H-].[H-].[Na+].[Na+].[Na+]. The van der Waals surface area contributed by atoms with Crippen molar-refractivity contribution in [3.8, 4) is 0 Å². The number of ether oxygens (including phenoxy) is 1. The van der Waals surface area contributed by atoms with Gasteiger partial charge < -0.3 is 56.6 Å². The fourth-order valence-corrected chi connectivity index (χ4v) is 32.4. The average Bonchev–Trinajstić information content (AvgIpc) is 2.90. The summed E-state index contributed by atoms with van der Waals surface area (Å²) in [6.45, 7) is 13.9. The summed E-state index contributed by atoms with van der Waals surface area (Å²) < 4.78 is 54.6. The average molecular weight is 699 g/mol. The van der Waals surface area contributed by atoms with Gasteiger partial charge in [0.05, 0.1) is 6.23 Å². The Balaban J connectivity index is -0.000000287. The molecule has 12 nitrogen and oxygen atoms in total. The molecule has 38 heavy (non-hydrogen) atoms. The van der Waals surface area contributed by atoms with Crippen LogP contribution < -0.4 is 88.7 Å². The quantitative estimate of drug-likeness (QED) is 0.197. The molecule has 3 N–H and O–H groups in total. The van der Waals surface area contributed by atoms with Crippen LogP contribution in [0.2, 0.25) is 36.3 Å². The molecule has 0 aromatic carbocycles. The zero-order valence-corrected chi connectivity index (χ0v) is 39.0. The van der Waals surface area contributed by atoms with E-state index in [-0.39, 0.29) is 117 Å². The fraction of sp³-hybridized carbons (Fsp3) is 1.00. The molecule has 2 aliphatic heterocycles. The van der Waals surface area contributed by atoms with Gasteiger partial charge in [-0.3, -0.25) is 0 Å². The number of hydrogen-bond donors (Lipinski definition) is 3. The molecule has 0 aliphatic carbocycles. The van der Waals surface area contributed by atoms with Gasteiger partial charge in [-0.2, -0.15) is 0 Å². The minimum absolute atomic E-state index is 0. The molecule has 0 spiro atoms. The Morgan fingerprint density at radius 1 is 0.763 bits per heavy atom. The van der Waals surface area contributed by atoms with Gasteiger partial charge in [-0.25, -0.2) is 0 Å². The molecule has 0 aromatic heterocycles. The third-order valence-corrected chi connectivity index (χ3v) is 30.0. The van der Waals surface area contributed by atoms with Crippen LogP contribution in [0, 0.1) is 0 Å². The maximum Gasteiger partial charge on any atom is 1.00 e. The van der Waals surface area contributed by atoms with E-state index in [0.29, 0.717) is 12.1 Å². The van der Waals surface area contributed by atoms with Gasteiger partial charge in [-0.1, -0.05) is 41.5 Å². The predicted octanol–water partition coefficient (Wildman–Crippen LogP) is -7.80. The topological polar surface area (TPSA) is 144 Å². The van der Waals surface area contributed by atoms with Crippen molar-refractivity contribution >= 4 is 63.1 Å². The molecule has 0 aromatic rings. The first-order valence-electron chi connectivity index (χ1n) is 12.5. The van der Waals surface area contributed by atoms with E-state index >= 15 is 0 Å². The van der Waals surface area contributed by atoms with Gasteiger partial charge in [0.1, 0.15) is 0 Å². The summed E-state index contributed by atoms with van der Waals surface area (Å²) in [5.41, 5.74) is 0. The van der Waals surface area contributed by atoms with E-state index in [1.54, 1.807) is 21.0 Å². The van der Waals surface area contributed by atoms with E-state index in [1.807, 2.05) is 34.6 Å². The van der Waals surface area contributed by atoms with Gasteiger partial charge in [0.25, 0.3) is 10.0 Å². The van der Waals surface area contributed by atoms with Gasteiger partial charge in [0.2, 0.25) is 0 Å². The van der Waals surface area contributed by atoms with Crippen LogP contribution in [-0.2, 0) is 38.0 Å². The van der Waals surface area contributed by atoms with Crippen molar-refractivity contribution < 1.29 is 145 Å². The van der Waals surface area contributed by atoms with Crippen molar-refractivity contribution in [1.29, 1.82) is 0 Å². The molecule has 2 heterocycles. The first-order chi connectivity index (χ1) is 16.5. The second kappa shape index (κ2) is 21.7. The first-order valence-corrected chi connectivity index (χ1v) is 25.5. The molecule has 2 aliphatic rings. The Bertz CT molecular complexity index is 660. The van der Waals surface area contributed by atoms with Crippen molar-refractivity contribution in [2.45, 2.75) is 84.7 Å². The van der Waals surface area contributed by atoms with E-state index in [1.165, 1.54) is 0 Å². The predicted molar refractivity (Wildman–Crippen MR) is 148 cm³/mol. The first kappa shape index (κ1) is 46.5. The summed E-state index contributed by atoms with van der Waals surface area (Å²) in [5, 5.41) is 0. The molecule has 0 radical (unpaired) electrons. The van der Waals surface area contributed by atoms with Gasteiger partial charge in [0.15, 0.2) is 9.04 Å². The molecule has 0 amide bonds. The second-order valence-corrected chi connectivity index (χ2v) is 27.7. The van der Waals surface area contributed by atoms with Crippen LogP contribution in [0.3, 0.4) is 0 Å². The van der Waals surface area contributed by atoms with E-state index in [4.69, 9.17) is 33.2 Å². The summed E-state index contributed by atoms with van der Waals surface area (Å²) in [7, 11) is -20.5. The van der Waals surface area contributed by atoms with Crippen LogP contribution >= 0.6 is 0 Å². The Hall–Kier alpha value is 4.04. The third-order valence-electron chi connectivity index (χ3n) is 5.63. The molecule has 216 valence electrons. The standard InChI is InChI=1S/C13H38O11Si7.C3H8O.3Na.3H/c1-7-26-13-17-27(15,8-2)20-31(12-6)22-28(16,9-3)21-29(10-4,18-25-14)23-30(11-5,19-26)24-31;1-3-4-2;;;;;;/h14-16,26H,7-13,25H2,1-6H3;3H2,1-2H3;;;;;;/q;;3*+1;3*-1. The zero-order chi connectivity index (χ0) is 26.8. The van der Waals surface area contributed by atoms with Crippen LogP contribution in [0.15, 0.2) is 0 Å². The fourth-order valence-electron chi connectivity index (χ4n) is 3.28. The summed E-state index contributed by atoms with van der Waals surface area (Å²) in [6.07, 6.45) is 0.259. The van der Waals surface area contributed by atoms with Crippen molar-refractivity contribution in [2.75, 3.05) is 19.9 Å². The van der Waals surface area contributed by atoms with Crippen molar-refractivity contribution in [3.05, 3.63) is 0 Å². The summed E-state index contributed by atoms with van der Waals surface area (Å²) >= 11 is 0. The summed E-state index contributed by atoms with van der Waals surface area (Å²) in [4.78, 5) is 32.3. The zero-order valence-electron chi connectivity index (χ0n) is 28.5. The largest absolute Gasteiger partial charge is 1.00 e. The van der Waals surface area contributed by atoms with Crippen molar-refractivity contribution in [3.63, 3.8) is 0 Å². The monoisotopic (exact) mass is 698 g/mol. The molecular weight excluding hydrogens is 650 g/mol. The number of rotatable bonds is 9. The molecule has 2 rings (SSSR count). The molecule has 2 fully saturated rings. The summed E-state index contributed by atoms with van der Waals surface area (Å²) in [5.74, 6) is 0. The van der Waals surface area contributed by atoms with Crippen LogP contribution in [0.5, 0.6) is 0 Å². The van der Waals surface area contributed by atoms with Crippen LogP contribution in [0.1, 0.15) is 52.7 Å². The van der Waals surface area contributed by atoms with Crippen LogP contribution in [-0.4, -0.2) is 97.4 Å². The van der Waals surface area contributed by atoms with Crippen LogP contribution in [0.4, 0.5) is 0 Å². The number of methoxy groups -OCH3 is 1. The molecule has 22 heteroatoms. The Morgan fingerprint density at radius 2 is 1.29 bits per heavy atom. The van der Waals surface area contributed by atoms with E-state index in [9.17, 15) is 14.4 Å². The van der Waals surface area contributed by atoms with Gasteiger partial charge >= 0.3 is 133 Å². The van der Waals surface area contributed by atoms with E-state index in [2.05, 4.69) is 4.74 Å². The maximum atomic E-state index is 11.4. The number of fused-ring (bicyclic) bond motifs is 2. The Kier molecular flexibility index (Phi) is 26.6. The molecule has 2 saturated heterocycles. The molecule has 0 saturated carbocycles. The minimum Gasteiger partial charge on any atom is -1.00 e. The van der Waals surface area contributed by atoms with E-state index in [0.717, 1.165) is 12.7 Å². The molecular formula is C16H49Na3O12Si7. The smallest absolute Gasteiger partial charge is 1.00 e. The Morgan fingerprint density at radius 3 is 1.68 bits per heavy atom. The molecule has 6 unspecified atom stereocenters. The molecule has 6 atom stereocenters. The van der Waals surface area contributed by atoms with Gasteiger partial charge in [-0.15, -0.1) is 0 Å². The van der Waals surface area contributed by atoms with Gasteiger partial charge in [-0.05, 0) is 13.0 Å². The van der Waals surface area contributed by atoms with Crippen molar-refractivity contribution in [2.24, 2.45) is 0 Å². The van der Waals surface area contributed by atoms with Crippen LogP contribution in [0.25, 0.3) is 0 Å². The normalized spacial score (nSPS) is 37.5. The third kappa shape index (κ3) is 13.6. The van der Waals surface area contributed by atoms with Gasteiger partial charge in [0, 0.05) is 43.9 Å². The van der Waals surface area contributed by atoms with E-state index < -0.39 is 63.1 Å². The maximum absolute atomic E-state index is 11.4. The number of hydrogen-bond acceptors (Lipinski definition) is 12. The second-order valence-electron chi connectivity index (χ2n) is 8.06. The minimum atomic E-state index is -3.89. The summed E-state index contributed by atoms with van der Waals surface area (Å²) in [6, 6.07) is 2.20. The van der Waals surface area contributed by atoms with Crippen molar-refractivity contribution in [1.82, 2.24) is 0 Å². The Labute approximate surface area is 309 Å².